The van der Waals surface area contributed by atoms with Crippen LogP contribution in [0.2, 0.25) is 0 Å². The summed E-state index contributed by atoms with van der Waals surface area (Å²) in [4.78, 5) is -0.741. The van der Waals surface area contributed by atoms with Gasteiger partial charge < -0.3 is 27.9 Å². The second-order valence-electron chi connectivity index (χ2n) is 6.39. The molecule has 0 bridgehead atoms. The Kier molecular flexibility index (Phi) is 14.8. The first-order chi connectivity index (χ1) is 16.6. The average molecular weight is 702 g/mol. The monoisotopic (exact) mass is 701 g/mol. The maximum atomic E-state index is 10.4. The van der Waals surface area contributed by atoms with Gasteiger partial charge in [-0.3, -0.25) is 0 Å². The molecule has 199 valence electrons. The van der Waals surface area contributed by atoms with Gasteiger partial charge in [-0.25, -0.2) is 25.3 Å². The van der Waals surface area contributed by atoms with Gasteiger partial charge in [-0.2, -0.15) is 0 Å². The molecule has 0 aliphatic rings. The number of rotatable bonds is 6. The van der Waals surface area contributed by atoms with Crippen LogP contribution in [0.1, 0.15) is 0 Å². The molecule has 0 N–H and O–H groups in total. The molecule has 0 heterocycles. The van der Waals surface area contributed by atoms with Crippen molar-refractivity contribution in [1.29, 1.82) is 0 Å². The van der Waals surface area contributed by atoms with Crippen LogP contribution in [0.25, 0.3) is 0 Å². The summed E-state index contributed by atoms with van der Waals surface area (Å²) in [5.74, 6) is 1.55. The quantitative estimate of drug-likeness (QED) is 0.338. The Labute approximate surface area is 249 Å². The van der Waals surface area contributed by atoms with Crippen molar-refractivity contribution in [2.45, 2.75) is 14.7 Å². The van der Waals surface area contributed by atoms with Crippen molar-refractivity contribution in [3.05, 3.63) is 72.8 Å². The minimum absolute atomic E-state index is 0. The van der Waals surface area contributed by atoms with Gasteiger partial charge in [-0.1, -0.05) is 0 Å². The molecule has 0 unspecified atom stereocenters. The predicted octanol–water partition coefficient (Wildman–Crippen LogP) is 1.80. The number of benzene rings is 3. The van der Waals surface area contributed by atoms with E-state index in [9.17, 15) is 38.9 Å². The largest absolute Gasteiger partial charge is 3.00 e. The molecule has 1 radical (unpaired) electrons. The molecular weight excluding hydrogens is 681 g/mol. The molecule has 16 heteroatoms. The Balaban J connectivity index is 0.000000518. The zero-order chi connectivity index (χ0) is 27.6. The maximum absolute atomic E-state index is 10.4. The molecular formula is C21H21CeO12S3. The van der Waals surface area contributed by atoms with Gasteiger partial charge in [0.25, 0.3) is 0 Å². The van der Waals surface area contributed by atoms with E-state index in [4.69, 9.17) is 14.2 Å². The van der Waals surface area contributed by atoms with E-state index in [1.165, 1.54) is 94.1 Å². The van der Waals surface area contributed by atoms with Crippen LogP contribution in [0.4, 0.5) is 0 Å². The minimum atomic E-state index is -4.33. The third-order valence-electron chi connectivity index (χ3n) is 4.04. The second-order valence-corrected chi connectivity index (χ2v) is 10.5. The van der Waals surface area contributed by atoms with E-state index >= 15 is 0 Å². The molecule has 0 saturated heterocycles. The Hall–Kier alpha value is -1.83. The molecule has 0 aliphatic carbocycles. The Morgan fingerprint density at radius 1 is 0.432 bits per heavy atom. The van der Waals surface area contributed by atoms with Crippen molar-refractivity contribution in [2.75, 3.05) is 21.3 Å². The molecule has 0 saturated carbocycles. The maximum Gasteiger partial charge on any atom is 3.00 e. The fourth-order valence-corrected chi connectivity index (χ4v) is 3.64. The Morgan fingerprint density at radius 3 is 0.703 bits per heavy atom. The van der Waals surface area contributed by atoms with Crippen LogP contribution < -0.4 is 14.2 Å². The molecule has 3 aromatic carbocycles. The molecule has 0 atom stereocenters. The van der Waals surface area contributed by atoms with Crippen LogP contribution >= 0.6 is 0 Å². The minimum Gasteiger partial charge on any atom is -0.744 e. The summed E-state index contributed by atoms with van der Waals surface area (Å²) in [7, 11) is -8.62. The Morgan fingerprint density at radius 2 is 0.595 bits per heavy atom. The van der Waals surface area contributed by atoms with Crippen LogP contribution in [0.3, 0.4) is 0 Å². The van der Waals surface area contributed by atoms with E-state index in [1.807, 2.05) is 0 Å². The first-order valence-electron chi connectivity index (χ1n) is 9.41. The zero-order valence-corrected chi connectivity index (χ0v) is 25.1. The molecule has 0 amide bonds. The van der Waals surface area contributed by atoms with Crippen molar-refractivity contribution < 1.29 is 94.9 Å². The van der Waals surface area contributed by atoms with Crippen molar-refractivity contribution in [3.63, 3.8) is 0 Å². The topological polar surface area (TPSA) is 199 Å². The summed E-state index contributed by atoms with van der Waals surface area (Å²) in [6.45, 7) is 0. The average Bonchev–Trinajstić information content (AvgIpc) is 2.83. The van der Waals surface area contributed by atoms with E-state index in [-0.39, 0.29) is 56.4 Å². The molecule has 3 rings (SSSR count). The molecule has 0 aliphatic heterocycles. The number of hydrogen-bond donors (Lipinski definition) is 0. The van der Waals surface area contributed by atoms with Gasteiger partial charge in [0.1, 0.15) is 47.6 Å². The normalized spacial score (nSPS) is 10.9. The Bertz CT molecular complexity index is 1240. The van der Waals surface area contributed by atoms with Crippen LogP contribution in [0.5, 0.6) is 17.2 Å². The fraction of sp³-hybridized carbons (Fsp3) is 0.143. The van der Waals surface area contributed by atoms with Crippen molar-refractivity contribution in [2.24, 2.45) is 0 Å². The smallest absolute Gasteiger partial charge is 0.744 e. The number of ether oxygens (including phenoxy) is 3. The van der Waals surface area contributed by atoms with Gasteiger partial charge in [0.15, 0.2) is 0 Å². The standard InChI is InChI=1S/3C7H8O4S.Ce/c3*1-11-6-2-4-7(5-3-6)12(8,9)10;/h3*2-5H,1H3,(H,8,9,10);/q;;;+3/p-3. The van der Waals surface area contributed by atoms with Crippen molar-refractivity contribution >= 4 is 30.4 Å². The first-order valence-corrected chi connectivity index (χ1v) is 13.6. The summed E-state index contributed by atoms with van der Waals surface area (Å²) in [5.41, 5.74) is 0. The van der Waals surface area contributed by atoms with Crippen LogP contribution in [0, 0.1) is 41.7 Å². The van der Waals surface area contributed by atoms with Gasteiger partial charge in [0.05, 0.1) is 36.0 Å². The van der Waals surface area contributed by atoms with Gasteiger partial charge in [-0.05, 0) is 72.8 Å². The van der Waals surface area contributed by atoms with Crippen molar-refractivity contribution in [1.82, 2.24) is 0 Å². The molecule has 0 spiro atoms. The van der Waals surface area contributed by atoms with Crippen LogP contribution in [-0.4, -0.2) is 60.2 Å². The molecule has 12 nitrogen and oxygen atoms in total. The fourth-order valence-electron chi connectivity index (χ4n) is 2.23. The summed E-state index contributed by atoms with van der Waals surface area (Å²) in [5, 5.41) is 0. The molecule has 0 aromatic heterocycles. The summed E-state index contributed by atoms with van der Waals surface area (Å²) in [6.07, 6.45) is 0. The third-order valence-corrected chi connectivity index (χ3v) is 6.59. The number of methoxy groups -OCH3 is 3. The van der Waals surface area contributed by atoms with Gasteiger partial charge in [0.2, 0.25) is 0 Å². The van der Waals surface area contributed by atoms with Gasteiger partial charge in [0, 0.05) is 0 Å². The van der Waals surface area contributed by atoms with Crippen LogP contribution in [0.15, 0.2) is 87.5 Å². The van der Waals surface area contributed by atoms with Crippen molar-refractivity contribution in [3.8, 4) is 17.2 Å². The van der Waals surface area contributed by atoms with E-state index in [0.29, 0.717) is 17.2 Å². The molecule has 0 fully saturated rings. The second kappa shape index (κ2) is 15.5. The van der Waals surface area contributed by atoms with Gasteiger partial charge >= 0.3 is 41.7 Å². The third kappa shape index (κ3) is 13.0. The zero-order valence-electron chi connectivity index (χ0n) is 19.6. The summed E-state index contributed by atoms with van der Waals surface area (Å²) in [6, 6.07) is 15.8. The predicted molar refractivity (Wildman–Crippen MR) is 123 cm³/mol. The van der Waals surface area contributed by atoms with Gasteiger partial charge in [-0.15, -0.1) is 0 Å². The van der Waals surface area contributed by atoms with E-state index in [0.717, 1.165) is 0 Å². The SMILES string of the molecule is COc1ccc(S(=O)(=O)[O-])cc1.COc1ccc(S(=O)(=O)[O-])cc1.COc1ccc(S(=O)(=O)[O-])cc1.[Ce+3]. The summed E-state index contributed by atoms with van der Waals surface area (Å²) < 4.78 is 108. The first kappa shape index (κ1) is 35.2. The summed E-state index contributed by atoms with van der Waals surface area (Å²) >= 11 is 0. The molecule has 3 aromatic rings. The van der Waals surface area contributed by atoms with E-state index in [2.05, 4.69) is 0 Å². The number of hydrogen-bond acceptors (Lipinski definition) is 12. The van der Waals surface area contributed by atoms with E-state index < -0.39 is 30.4 Å². The van der Waals surface area contributed by atoms with Crippen LogP contribution in [-0.2, 0) is 30.4 Å². The molecule has 37 heavy (non-hydrogen) atoms. The van der Waals surface area contributed by atoms with E-state index in [1.54, 1.807) is 0 Å².